The summed E-state index contributed by atoms with van der Waals surface area (Å²) in [5.41, 5.74) is -2.87. The SMILES string of the molecule is Cc1cc(F)ccc1-c1cc(C2CCC(CC(=O)O)CC2)ncc1N(C)C(=O)C(C)(C)c1cc(C(F)(F)F)cc(C(F)(F)F)c1. The first-order chi connectivity index (χ1) is 20.8. The van der Waals surface area contributed by atoms with Crippen LogP contribution < -0.4 is 4.90 Å². The first-order valence-corrected chi connectivity index (χ1v) is 14.4. The zero-order chi connectivity index (χ0) is 33.5. The summed E-state index contributed by atoms with van der Waals surface area (Å²) in [7, 11) is 1.36. The van der Waals surface area contributed by atoms with Gasteiger partial charge in [-0.1, -0.05) is 6.07 Å². The third-order valence-electron chi connectivity index (χ3n) is 8.62. The maximum Gasteiger partial charge on any atom is 0.416 e. The van der Waals surface area contributed by atoms with Crippen LogP contribution in [-0.4, -0.2) is 29.0 Å². The number of aryl methyl sites for hydroxylation is 1. The van der Waals surface area contributed by atoms with Gasteiger partial charge in [0.05, 0.1) is 28.4 Å². The van der Waals surface area contributed by atoms with E-state index in [0.717, 1.165) is 4.90 Å². The third kappa shape index (κ3) is 7.48. The minimum Gasteiger partial charge on any atom is -0.481 e. The van der Waals surface area contributed by atoms with Gasteiger partial charge in [-0.15, -0.1) is 0 Å². The Hall–Kier alpha value is -3.96. The smallest absolute Gasteiger partial charge is 0.416 e. The number of halogens is 7. The standard InChI is InChI=1S/C33H33F7N2O3/c1-18-11-24(34)9-10-25(18)26-16-27(20-7-5-19(6-8-20)12-29(43)44)41-17-28(26)42(4)30(45)31(2,3)21-13-22(32(35,36)37)15-23(14-21)33(38,39)40/h9-11,13-17,19-20H,5-8,12H2,1-4H3,(H,43,44). The number of hydrogen-bond donors (Lipinski definition) is 1. The summed E-state index contributed by atoms with van der Waals surface area (Å²) in [6, 6.07) is 6.96. The second-order valence-corrected chi connectivity index (χ2v) is 12.2. The van der Waals surface area contributed by atoms with Gasteiger partial charge in [0.2, 0.25) is 5.91 Å². The Labute approximate surface area is 256 Å². The lowest BCUT2D eigenvalue weighted by Crippen LogP contribution is -2.42. The van der Waals surface area contributed by atoms with Crippen LogP contribution in [0.3, 0.4) is 0 Å². The molecule has 5 nitrogen and oxygen atoms in total. The average molecular weight is 639 g/mol. The number of carboxylic acids is 1. The minimum atomic E-state index is -5.08. The Bertz CT molecular complexity index is 1560. The topological polar surface area (TPSA) is 70.5 Å². The molecule has 1 amide bonds. The number of hydrogen-bond acceptors (Lipinski definition) is 3. The molecule has 1 fully saturated rings. The van der Waals surface area contributed by atoms with E-state index >= 15 is 0 Å². The lowest BCUT2D eigenvalue weighted by Gasteiger charge is -2.32. The summed E-state index contributed by atoms with van der Waals surface area (Å²) >= 11 is 0. The molecule has 12 heteroatoms. The summed E-state index contributed by atoms with van der Waals surface area (Å²) in [5, 5.41) is 9.14. The number of amides is 1. The molecule has 0 spiro atoms. The maximum atomic E-state index is 14.0. The van der Waals surface area contributed by atoms with E-state index in [9.17, 15) is 40.3 Å². The van der Waals surface area contributed by atoms with Crippen LogP contribution in [0.1, 0.15) is 79.8 Å². The van der Waals surface area contributed by atoms with Crippen molar-refractivity contribution < 1.29 is 45.4 Å². The fourth-order valence-corrected chi connectivity index (χ4v) is 5.98. The van der Waals surface area contributed by atoms with E-state index in [-0.39, 0.29) is 30.0 Å². The van der Waals surface area contributed by atoms with E-state index in [2.05, 4.69) is 4.98 Å². The van der Waals surface area contributed by atoms with Gasteiger partial charge in [-0.25, -0.2) is 4.39 Å². The van der Waals surface area contributed by atoms with Crippen molar-refractivity contribution in [3.63, 3.8) is 0 Å². The quantitative estimate of drug-likeness (QED) is 0.263. The zero-order valence-electron chi connectivity index (χ0n) is 25.1. The molecule has 1 saturated carbocycles. The van der Waals surface area contributed by atoms with Crippen LogP contribution in [-0.2, 0) is 27.4 Å². The van der Waals surface area contributed by atoms with Crippen molar-refractivity contribution in [2.45, 2.75) is 76.6 Å². The number of carboxylic acid groups (broad SMARTS) is 1. The molecule has 4 rings (SSSR count). The van der Waals surface area contributed by atoms with Gasteiger partial charge in [0.15, 0.2) is 0 Å². The van der Waals surface area contributed by atoms with Crippen LogP contribution in [0.5, 0.6) is 0 Å². The first-order valence-electron chi connectivity index (χ1n) is 14.4. The van der Waals surface area contributed by atoms with Crippen LogP contribution >= 0.6 is 0 Å². The Morgan fingerprint density at radius 1 is 0.867 bits per heavy atom. The summed E-state index contributed by atoms with van der Waals surface area (Å²) in [6.07, 6.45) is -5.91. The molecular weight excluding hydrogens is 605 g/mol. The van der Waals surface area contributed by atoms with Crippen molar-refractivity contribution in [2.24, 2.45) is 5.92 Å². The predicted octanol–water partition coefficient (Wildman–Crippen LogP) is 8.92. The van der Waals surface area contributed by atoms with Gasteiger partial charge in [-0.3, -0.25) is 14.6 Å². The number of carbonyl (C=O) groups excluding carboxylic acids is 1. The molecule has 2 aromatic carbocycles. The lowest BCUT2D eigenvalue weighted by atomic mass is 9.78. The molecule has 1 heterocycles. The second-order valence-electron chi connectivity index (χ2n) is 12.2. The largest absolute Gasteiger partial charge is 0.481 e. The third-order valence-corrected chi connectivity index (χ3v) is 8.62. The number of rotatable bonds is 7. The molecule has 1 aliphatic carbocycles. The van der Waals surface area contributed by atoms with E-state index in [1.165, 1.54) is 45.3 Å². The number of nitrogens with zero attached hydrogens (tertiary/aromatic N) is 2. The van der Waals surface area contributed by atoms with Gasteiger partial charge in [0, 0.05) is 30.6 Å². The molecule has 0 radical (unpaired) electrons. The molecule has 0 saturated heterocycles. The minimum absolute atomic E-state index is 0.00746. The molecule has 0 aliphatic heterocycles. The van der Waals surface area contributed by atoms with E-state index in [4.69, 9.17) is 5.11 Å². The summed E-state index contributed by atoms with van der Waals surface area (Å²) < 4.78 is 95.6. The molecule has 45 heavy (non-hydrogen) atoms. The Kier molecular flexibility index (Phi) is 9.38. The van der Waals surface area contributed by atoms with Crippen LogP contribution in [0.15, 0.2) is 48.7 Å². The van der Waals surface area contributed by atoms with Crippen molar-refractivity contribution in [3.05, 3.63) is 82.4 Å². The highest BCUT2D eigenvalue weighted by molar-refractivity contribution is 6.03. The number of carbonyl (C=O) groups is 2. The lowest BCUT2D eigenvalue weighted by molar-refractivity contribution is -0.143. The highest BCUT2D eigenvalue weighted by Gasteiger charge is 2.41. The van der Waals surface area contributed by atoms with Gasteiger partial charge in [-0.2, -0.15) is 26.3 Å². The average Bonchev–Trinajstić information content (AvgIpc) is 2.95. The highest BCUT2D eigenvalue weighted by Crippen LogP contribution is 2.43. The number of benzene rings is 2. The van der Waals surface area contributed by atoms with Gasteiger partial charge < -0.3 is 10.0 Å². The highest BCUT2D eigenvalue weighted by atomic mass is 19.4. The van der Waals surface area contributed by atoms with Crippen molar-refractivity contribution in [3.8, 4) is 11.1 Å². The van der Waals surface area contributed by atoms with E-state index in [0.29, 0.717) is 60.2 Å². The van der Waals surface area contributed by atoms with E-state index in [1.54, 1.807) is 13.0 Å². The van der Waals surface area contributed by atoms with Gasteiger partial charge in [0.25, 0.3) is 0 Å². The van der Waals surface area contributed by atoms with Crippen LogP contribution in [0.4, 0.5) is 36.4 Å². The zero-order valence-corrected chi connectivity index (χ0v) is 25.1. The number of aliphatic carboxylic acids is 1. The summed E-state index contributed by atoms with van der Waals surface area (Å²) in [6.45, 7) is 4.18. The van der Waals surface area contributed by atoms with E-state index in [1.807, 2.05) is 0 Å². The van der Waals surface area contributed by atoms with Crippen molar-refractivity contribution >= 4 is 17.6 Å². The Morgan fingerprint density at radius 3 is 1.93 bits per heavy atom. The monoisotopic (exact) mass is 638 g/mol. The number of likely N-dealkylation sites (N-methyl/N-ethyl adjacent to an activating group) is 1. The molecule has 3 aromatic rings. The Morgan fingerprint density at radius 2 is 1.42 bits per heavy atom. The Balaban J connectivity index is 1.76. The van der Waals surface area contributed by atoms with Crippen molar-refractivity contribution in [1.82, 2.24) is 4.98 Å². The normalized spacial score (nSPS) is 17.7. The van der Waals surface area contributed by atoms with Gasteiger partial charge in [-0.05, 0) is 105 Å². The van der Waals surface area contributed by atoms with E-state index < -0.39 is 52.2 Å². The van der Waals surface area contributed by atoms with Crippen LogP contribution in [0.25, 0.3) is 11.1 Å². The van der Waals surface area contributed by atoms with Crippen LogP contribution in [0, 0.1) is 18.7 Å². The summed E-state index contributed by atoms with van der Waals surface area (Å²) in [4.78, 5) is 30.8. The van der Waals surface area contributed by atoms with Gasteiger partial charge in [0.1, 0.15) is 5.82 Å². The fraction of sp³-hybridized carbons (Fsp3) is 0.424. The first kappa shape index (κ1) is 33.9. The maximum absolute atomic E-state index is 14.0. The number of anilines is 1. The molecule has 242 valence electrons. The molecule has 1 aliphatic rings. The fourth-order valence-electron chi connectivity index (χ4n) is 5.98. The number of aromatic nitrogens is 1. The summed E-state index contributed by atoms with van der Waals surface area (Å²) in [5.74, 6) is -2.09. The van der Waals surface area contributed by atoms with Crippen molar-refractivity contribution in [1.29, 1.82) is 0 Å². The molecule has 1 N–H and O–H groups in total. The number of pyridine rings is 1. The number of alkyl halides is 6. The molecule has 0 atom stereocenters. The van der Waals surface area contributed by atoms with Gasteiger partial charge >= 0.3 is 18.3 Å². The molecule has 0 bridgehead atoms. The second kappa shape index (κ2) is 12.4. The molecule has 0 unspecified atom stereocenters. The van der Waals surface area contributed by atoms with Crippen LogP contribution in [0.2, 0.25) is 0 Å². The molecular formula is C33H33F7N2O3. The molecule has 1 aromatic heterocycles. The predicted molar refractivity (Wildman–Crippen MR) is 154 cm³/mol. The van der Waals surface area contributed by atoms with Crippen molar-refractivity contribution in [2.75, 3.05) is 11.9 Å².